The number of methoxy groups -OCH3 is 1. The third kappa shape index (κ3) is 6.06. The predicted molar refractivity (Wildman–Crippen MR) is 148 cm³/mol. The minimum atomic E-state index is -4.21. The van der Waals surface area contributed by atoms with E-state index in [9.17, 15) is 27.6 Å². The van der Waals surface area contributed by atoms with E-state index in [2.05, 4.69) is 41.9 Å². The van der Waals surface area contributed by atoms with Crippen LogP contribution in [0.25, 0.3) is 6.08 Å². The fraction of sp³-hybridized carbons (Fsp3) is 0.0400. The first-order valence-electron chi connectivity index (χ1n) is 10.7. The summed E-state index contributed by atoms with van der Waals surface area (Å²) in [5.74, 6) is -2.51. The highest BCUT2D eigenvalue weighted by Crippen LogP contribution is 2.37. The lowest BCUT2D eigenvalue weighted by Gasteiger charge is -2.26. The molecular weight excluding hydrogens is 684 g/mol. The fourth-order valence-corrected chi connectivity index (χ4v) is 6.11. The smallest absolute Gasteiger partial charge is 0.339 e. The summed E-state index contributed by atoms with van der Waals surface area (Å²) in [5, 5.41) is 2.46. The summed E-state index contributed by atoms with van der Waals surface area (Å²) < 4.78 is 35.7. The fourth-order valence-electron chi connectivity index (χ4n) is 3.42. The number of urea groups is 1. The molecule has 0 bridgehead atoms. The average molecular weight is 699 g/mol. The molecule has 200 valence electrons. The van der Waals surface area contributed by atoms with Crippen molar-refractivity contribution in [3.63, 3.8) is 0 Å². The van der Waals surface area contributed by atoms with Gasteiger partial charge in [0.25, 0.3) is 11.8 Å². The summed E-state index contributed by atoms with van der Waals surface area (Å²) in [6, 6.07) is 12.7. The number of hydrogen-bond acceptors (Lipinski definition) is 8. The summed E-state index contributed by atoms with van der Waals surface area (Å²) in [4.78, 5) is 50.5. The zero-order valence-corrected chi connectivity index (χ0v) is 24.4. The highest BCUT2D eigenvalue weighted by atomic mass is 79.9. The first-order valence-corrected chi connectivity index (χ1v) is 14.1. The summed E-state index contributed by atoms with van der Waals surface area (Å²) in [5.41, 5.74) is 0.252. The molecule has 4 amide bonds. The van der Waals surface area contributed by atoms with Gasteiger partial charge in [-0.2, -0.15) is 8.42 Å². The molecule has 0 unspecified atom stereocenters. The number of nitrogens with zero attached hydrogens (tertiary/aromatic N) is 1. The Kier molecular flexibility index (Phi) is 8.25. The van der Waals surface area contributed by atoms with Crippen LogP contribution in [0, 0.1) is 0 Å². The van der Waals surface area contributed by atoms with Crippen LogP contribution >= 0.6 is 43.5 Å². The lowest BCUT2D eigenvalue weighted by molar-refractivity contribution is -0.122. The van der Waals surface area contributed by atoms with E-state index < -0.39 is 33.9 Å². The molecule has 3 aromatic carbocycles. The predicted octanol–water partition coefficient (Wildman–Crippen LogP) is 5.09. The molecule has 4 rings (SSSR count). The summed E-state index contributed by atoms with van der Waals surface area (Å²) >= 11 is 12.3. The number of halogens is 3. The Morgan fingerprint density at radius 1 is 0.974 bits per heavy atom. The third-order valence-electron chi connectivity index (χ3n) is 5.28. The maximum absolute atomic E-state index is 13.2. The second-order valence-electron chi connectivity index (χ2n) is 7.80. The van der Waals surface area contributed by atoms with Crippen molar-refractivity contribution in [1.82, 2.24) is 5.32 Å². The lowest BCUT2D eigenvalue weighted by Crippen LogP contribution is -2.54. The van der Waals surface area contributed by atoms with Crippen molar-refractivity contribution in [2.45, 2.75) is 4.90 Å². The van der Waals surface area contributed by atoms with Crippen molar-refractivity contribution >= 4 is 89.2 Å². The first kappa shape index (κ1) is 28.5. The Labute approximate surface area is 243 Å². The van der Waals surface area contributed by atoms with E-state index in [4.69, 9.17) is 15.8 Å². The number of rotatable bonds is 6. The Hall–Kier alpha value is -3.52. The van der Waals surface area contributed by atoms with Crippen LogP contribution in [0.5, 0.6) is 5.75 Å². The van der Waals surface area contributed by atoms with Crippen LogP contribution in [-0.2, 0) is 24.4 Å². The molecule has 39 heavy (non-hydrogen) atoms. The number of ether oxygens (including phenoxy) is 1. The molecule has 1 fully saturated rings. The number of hydrogen-bond donors (Lipinski definition) is 1. The normalized spacial score (nSPS) is 14.8. The van der Waals surface area contributed by atoms with Gasteiger partial charge in [0.2, 0.25) is 0 Å². The van der Waals surface area contributed by atoms with E-state index in [1.165, 1.54) is 73.8 Å². The Balaban J connectivity index is 1.64. The van der Waals surface area contributed by atoms with Crippen molar-refractivity contribution in [3.8, 4) is 5.75 Å². The van der Waals surface area contributed by atoms with Gasteiger partial charge in [-0.3, -0.25) is 14.9 Å². The van der Waals surface area contributed by atoms with Crippen LogP contribution in [0.2, 0.25) is 5.02 Å². The van der Waals surface area contributed by atoms with Gasteiger partial charge in [0, 0.05) is 5.02 Å². The van der Waals surface area contributed by atoms with Crippen molar-refractivity contribution in [3.05, 3.63) is 91.3 Å². The summed E-state index contributed by atoms with van der Waals surface area (Å²) in [6.45, 7) is 0. The van der Waals surface area contributed by atoms with E-state index in [0.717, 1.165) is 4.90 Å². The second kappa shape index (κ2) is 11.3. The van der Waals surface area contributed by atoms with Crippen molar-refractivity contribution in [2.75, 3.05) is 12.0 Å². The Bertz CT molecular complexity index is 1630. The third-order valence-corrected chi connectivity index (χ3v) is 7.94. The maximum atomic E-state index is 13.2. The van der Waals surface area contributed by atoms with Gasteiger partial charge >= 0.3 is 22.1 Å². The number of esters is 1. The van der Waals surface area contributed by atoms with Crippen LogP contribution in [0.4, 0.5) is 10.5 Å². The highest BCUT2D eigenvalue weighted by molar-refractivity contribution is 9.11. The second-order valence-corrected chi connectivity index (χ2v) is 11.5. The van der Waals surface area contributed by atoms with Gasteiger partial charge in [0.15, 0.2) is 5.75 Å². The molecule has 3 aromatic rings. The molecule has 0 spiro atoms. The SMILES string of the molecule is COC(=O)c1ccc(N2C(=O)NC(=O)/C(=C\c3cc(Br)c(OS(=O)(=O)c4ccc(Cl)cc4)c(Br)c3)C2=O)cc1. The molecule has 1 aliphatic heterocycles. The van der Waals surface area contributed by atoms with E-state index in [-0.39, 0.29) is 36.4 Å². The number of carbonyl (C=O) groups excluding carboxylic acids is 4. The van der Waals surface area contributed by atoms with Crippen LogP contribution in [0.1, 0.15) is 15.9 Å². The average Bonchev–Trinajstić information content (AvgIpc) is 2.89. The molecule has 1 aliphatic rings. The standard InChI is InChI=1S/C25H15Br2ClN2O8S/c1-37-24(33)14-2-6-16(7-3-14)30-23(32)18(22(31)29-25(30)34)10-13-11-19(26)21(20(27)12-13)38-39(35,36)17-8-4-15(28)5-9-17/h2-12H,1H3,(H,29,31,34)/b18-10+. The summed E-state index contributed by atoms with van der Waals surface area (Å²) in [6.07, 6.45) is 1.23. The van der Waals surface area contributed by atoms with Gasteiger partial charge in [-0.05, 0) is 104 Å². The number of amides is 4. The monoisotopic (exact) mass is 696 g/mol. The van der Waals surface area contributed by atoms with E-state index in [0.29, 0.717) is 10.6 Å². The van der Waals surface area contributed by atoms with Gasteiger partial charge in [-0.15, -0.1) is 0 Å². The number of nitrogens with one attached hydrogen (secondary N) is 1. The van der Waals surface area contributed by atoms with E-state index in [1.54, 1.807) is 0 Å². The molecular formula is C25H15Br2ClN2O8S. The maximum Gasteiger partial charge on any atom is 0.339 e. The Morgan fingerprint density at radius 2 is 1.56 bits per heavy atom. The van der Waals surface area contributed by atoms with Crippen LogP contribution in [0.15, 0.2) is 80.1 Å². The van der Waals surface area contributed by atoms with Gasteiger partial charge in [-0.25, -0.2) is 14.5 Å². The minimum Gasteiger partial charge on any atom is -0.465 e. The number of carbonyl (C=O) groups is 4. The molecule has 0 saturated carbocycles. The number of benzene rings is 3. The van der Waals surface area contributed by atoms with Crippen molar-refractivity contribution < 1.29 is 36.5 Å². The molecule has 0 atom stereocenters. The Morgan fingerprint density at radius 3 is 2.13 bits per heavy atom. The minimum absolute atomic E-state index is 0.0750. The first-order chi connectivity index (χ1) is 18.4. The van der Waals surface area contributed by atoms with Gasteiger partial charge in [-0.1, -0.05) is 11.6 Å². The molecule has 0 aromatic heterocycles. The molecule has 0 radical (unpaired) electrons. The highest BCUT2D eigenvalue weighted by Gasteiger charge is 2.37. The zero-order chi connectivity index (χ0) is 28.5. The van der Waals surface area contributed by atoms with E-state index >= 15 is 0 Å². The summed E-state index contributed by atoms with van der Waals surface area (Å²) in [7, 11) is -3.00. The molecule has 1 heterocycles. The quantitative estimate of drug-likeness (QED) is 0.163. The molecule has 1 N–H and O–H groups in total. The van der Waals surface area contributed by atoms with Gasteiger partial charge in [0.1, 0.15) is 10.5 Å². The van der Waals surface area contributed by atoms with Crippen LogP contribution < -0.4 is 14.4 Å². The molecule has 0 aliphatic carbocycles. The van der Waals surface area contributed by atoms with Gasteiger partial charge in [0.05, 0.1) is 27.3 Å². The number of anilines is 1. The van der Waals surface area contributed by atoms with Gasteiger partial charge < -0.3 is 8.92 Å². The zero-order valence-electron chi connectivity index (χ0n) is 19.6. The van der Waals surface area contributed by atoms with Crippen molar-refractivity contribution in [1.29, 1.82) is 0 Å². The molecule has 1 saturated heterocycles. The van der Waals surface area contributed by atoms with E-state index in [1.807, 2.05) is 0 Å². The molecule has 14 heteroatoms. The topological polar surface area (TPSA) is 136 Å². The number of barbiturate groups is 1. The van der Waals surface area contributed by atoms with Crippen LogP contribution in [-0.4, -0.2) is 39.3 Å². The lowest BCUT2D eigenvalue weighted by atomic mass is 10.1. The van der Waals surface area contributed by atoms with Crippen LogP contribution in [0.3, 0.4) is 0 Å². The number of imide groups is 2. The largest absolute Gasteiger partial charge is 0.465 e. The molecule has 10 nitrogen and oxygen atoms in total. The van der Waals surface area contributed by atoms with Crippen molar-refractivity contribution in [2.24, 2.45) is 0 Å².